The number of pyridine rings is 1. The highest BCUT2D eigenvalue weighted by Crippen LogP contribution is 2.18. The van der Waals surface area contributed by atoms with Gasteiger partial charge in [0, 0.05) is 12.6 Å². The van der Waals surface area contributed by atoms with Crippen LogP contribution in [0.25, 0.3) is 0 Å². The van der Waals surface area contributed by atoms with E-state index in [1.54, 1.807) is 18.3 Å². The summed E-state index contributed by atoms with van der Waals surface area (Å²) in [5.74, 6) is 1.09. The number of carbonyl (C=O) groups excluding carboxylic acids is 1. The molecule has 0 bridgehead atoms. The zero-order valence-corrected chi connectivity index (χ0v) is 9.98. The molecule has 1 aliphatic heterocycles. The number of hydrogen-bond acceptors (Lipinski definition) is 4. The van der Waals surface area contributed by atoms with Crippen LogP contribution in [-0.2, 0) is 0 Å². The number of hydrogen-bond donors (Lipinski definition) is 2. The number of anilines is 1. The number of Topliss-reactive ketones (excluding diaryl/α,β-unsaturated/α-hetero) is 1. The molecule has 1 aromatic heterocycles. The smallest absolute Gasteiger partial charge is 0.166 e. The first kappa shape index (κ1) is 12.0. The molecule has 1 aromatic rings. The van der Waals surface area contributed by atoms with E-state index in [0.29, 0.717) is 23.7 Å². The van der Waals surface area contributed by atoms with Gasteiger partial charge in [-0.3, -0.25) is 4.79 Å². The largest absolute Gasteiger partial charge is 0.383 e. The maximum atomic E-state index is 12.0. The monoisotopic (exact) mass is 233 g/mol. The van der Waals surface area contributed by atoms with E-state index in [9.17, 15) is 4.79 Å². The van der Waals surface area contributed by atoms with Crippen LogP contribution in [0.1, 0.15) is 36.0 Å². The van der Waals surface area contributed by atoms with E-state index in [1.165, 1.54) is 12.8 Å². The topological polar surface area (TPSA) is 68.0 Å². The maximum absolute atomic E-state index is 12.0. The molecular weight excluding hydrogens is 214 g/mol. The van der Waals surface area contributed by atoms with Gasteiger partial charge in [-0.15, -0.1) is 0 Å². The van der Waals surface area contributed by atoms with Crippen molar-refractivity contribution in [3.05, 3.63) is 23.9 Å². The summed E-state index contributed by atoms with van der Waals surface area (Å²) in [4.78, 5) is 15.9. The molecule has 17 heavy (non-hydrogen) atoms. The molecule has 0 radical (unpaired) electrons. The van der Waals surface area contributed by atoms with Crippen LogP contribution in [0, 0.1) is 5.92 Å². The molecule has 92 valence electrons. The van der Waals surface area contributed by atoms with E-state index in [2.05, 4.69) is 10.3 Å². The van der Waals surface area contributed by atoms with Gasteiger partial charge in [0.05, 0.1) is 5.56 Å². The minimum Gasteiger partial charge on any atom is -0.383 e. The standard InChI is InChI=1S/C13H19N3O/c14-13-11(4-2-8-16-13)12(17)6-5-10-3-1-7-15-9-10/h2,4,8,10,15H,1,3,5-7,9H2,(H2,14,16). The van der Waals surface area contributed by atoms with Gasteiger partial charge in [-0.05, 0) is 50.4 Å². The van der Waals surface area contributed by atoms with Gasteiger partial charge >= 0.3 is 0 Å². The van der Waals surface area contributed by atoms with E-state index in [-0.39, 0.29) is 5.78 Å². The molecule has 1 unspecified atom stereocenters. The van der Waals surface area contributed by atoms with E-state index in [0.717, 1.165) is 19.5 Å². The minimum absolute atomic E-state index is 0.112. The van der Waals surface area contributed by atoms with E-state index in [4.69, 9.17) is 5.73 Å². The molecular formula is C13H19N3O. The van der Waals surface area contributed by atoms with Crippen LogP contribution in [0.15, 0.2) is 18.3 Å². The summed E-state index contributed by atoms with van der Waals surface area (Å²) in [5, 5.41) is 3.36. The molecule has 4 heteroatoms. The molecule has 0 aromatic carbocycles. The molecule has 2 rings (SSSR count). The Bertz CT molecular complexity index is 386. The molecule has 0 saturated carbocycles. The van der Waals surface area contributed by atoms with Gasteiger partial charge in [0.2, 0.25) is 0 Å². The SMILES string of the molecule is Nc1ncccc1C(=O)CCC1CCCNC1. The Labute approximate surface area is 102 Å². The number of piperidine rings is 1. The minimum atomic E-state index is 0.112. The number of nitrogens with one attached hydrogen (secondary N) is 1. The first-order valence-electron chi connectivity index (χ1n) is 6.22. The number of nitrogens with zero attached hydrogens (tertiary/aromatic N) is 1. The molecule has 1 aliphatic rings. The summed E-state index contributed by atoms with van der Waals surface area (Å²) in [7, 11) is 0. The summed E-state index contributed by atoms with van der Waals surface area (Å²) in [6.45, 7) is 2.15. The second kappa shape index (κ2) is 5.77. The van der Waals surface area contributed by atoms with Crippen LogP contribution in [0.4, 0.5) is 5.82 Å². The zero-order valence-electron chi connectivity index (χ0n) is 9.98. The lowest BCUT2D eigenvalue weighted by Gasteiger charge is -2.22. The van der Waals surface area contributed by atoms with Crippen molar-refractivity contribution in [3.8, 4) is 0 Å². The van der Waals surface area contributed by atoms with Crippen LogP contribution in [0.5, 0.6) is 0 Å². The van der Waals surface area contributed by atoms with Gasteiger partial charge < -0.3 is 11.1 Å². The maximum Gasteiger partial charge on any atom is 0.166 e. The van der Waals surface area contributed by atoms with Gasteiger partial charge in [0.15, 0.2) is 5.78 Å². The molecule has 0 spiro atoms. The number of nitrogens with two attached hydrogens (primary N) is 1. The van der Waals surface area contributed by atoms with Crippen molar-refractivity contribution in [1.82, 2.24) is 10.3 Å². The van der Waals surface area contributed by atoms with Gasteiger partial charge in [-0.25, -0.2) is 4.98 Å². The molecule has 1 saturated heterocycles. The Morgan fingerprint density at radius 3 is 3.18 bits per heavy atom. The second-order valence-electron chi connectivity index (χ2n) is 4.61. The Hall–Kier alpha value is -1.42. The number of rotatable bonds is 4. The van der Waals surface area contributed by atoms with Crippen molar-refractivity contribution in [1.29, 1.82) is 0 Å². The van der Waals surface area contributed by atoms with Crippen molar-refractivity contribution < 1.29 is 4.79 Å². The fraction of sp³-hybridized carbons (Fsp3) is 0.538. The molecule has 3 N–H and O–H groups in total. The highest BCUT2D eigenvalue weighted by Gasteiger charge is 2.16. The Balaban J connectivity index is 1.87. The summed E-state index contributed by atoms with van der Waals surface area (Å²) in [5.41, 5.74) is 6.25. The fourth-order valence-electron chi connectivity index (χ4n) is 2.29. The average Bonchev–Trinajstić information content (AvgIpc) is 2.38. The van der Waals surface area contributed by atoms with Crippen molar-refractivity contribution >= 4 is 11.6 Å². The lowest BCUT2D eigenvalue weighted by molar-refractivity contribution is 0.0972. The first-order valence-corrected chi connectivity index (χ1v) is 6.22. The third-order valence-corrected chi connectivity index (χ3v) is 3.32. The predicted molar refractivity (Wildman–Crippen MR) is 67.8 cm³/mol. The van der Waals surface area contributed by atoms with Crippen LogP contribution in [0.2, 0.25) is 0 Å². The molecule has 0 aliphatic carbocycles. The quantitative estimate of drug-likeness (QED) is 0.775. The Morgan fingerprint density at radius 1 is 1.59 bits per heavy atom. The first-order chi connectivity index (χ1) is 8.27. The zero-order chi connectivity index (χ0) is 12.1. The normalized spacial score (nSPS) is 20.1. The lowest BCUT2D eigenvalue weighted by Crippen LogP contribution is -2.30. The summed E-state index contributed by atoms with van der Waals surface area (Å²) >= 11 is 0. The van der Waals surface area contributed by atoms with Crippen LogP contribution < -0.4 is 11.1 Å². The highest BCUT2D eigenvalue weighted by molar-refractivity contribution is 5.99. The van der Waals surface area contributed by atoms with Gasteiger partial charge in [-0.2, -0.15) is 0 Å². The fourth-order valence-corrected chi connectivity index (χ4v) is 2.29. The van der Waals surface area contributed by atoms with Crippen LogP contribution in [0.3, 0.4) is 0 Å². The Kier molecular flexibility index (Phi) is 4.09. The number of nitrogen functional groups attached to an aromatic ring is 1. The number of aromatic nitrogens is 1. The van der Waals surface area contributed by atoms with E-state index < -0.39 is 0 Å². The number of ketones is 1. The predicted octanol–water partition coefficient (Wildman–Crippen LogP) is 1.63. The third-order valence-electron chi connectivity index (χ3n) is 3.32. The molecule has 4 nitrogen and oxygen atoms in total. The van der Waals surface area contributed by atoms with Gasteiger partial charge in [0.25, 0.3) is 0 Å². The average molecular weight is 233 g/mol. The molecule has 2 heterocycles. The summed E-state index contributed by atoms with van der Waals surface area (Å²) in [6, 6.07) is 3.51. The van der Waals surface area contributed by atoms with E-state index in [1.807, 2.05) is 0 Å². The highest BCUT2D eigenvalue weighted by atomic mass is 16.1. The van der Waals surface area contributed by atoms with Crippen molar-refractivity contribution in [2.24, 2.45) is 5.92 Å². The van der Waals surface area contributed by atoms with Crippen molar-refractivity contribution in [2.75, 3.05) is 18.8 Å². The van der Waals surface area contributed by atoms with Gasteiger partial charge in [-0.1, -0.05) is 0 Å². The van der Waals surface area contributed by atoms with Crippen molar-refractivity contribution in [3.63, 3.8) is 0 Å². The van der Waals surface area contributed by atoms with Crippen molar-refractivity contribution in [2.45, 2.75) is 25.7 Å². The van der Waals surface area contributed by atoms with E-state index >= 15 is 0 Å². The third kappa shape index (κ3) is 3.27. The Morgan fingerprint density at radius 2 is 2.47 bits per heavy atom. The lowest BCUT2D eigenvalue weighted by atomic mass is 9.92. The van der Waals surface area contributed by atoms with Crippen LogP contribution >= 0.6 is 0 Å². The van der Waals surface area contributed by atoms with Gasteiger partial charge in [0.1, 0.15) is 5.82 Å². The van der Waals surface area contributed by atoms with Crippen LogP contribution in [-0.4, -0.2) is 23.9 Å². The molecule has 0 amide bonds. The summed E-state index contributed by atoms with van der Waals surface area (Å²) in [6.07, 6.45) is 5.57. The summed E-state index contributed by atoms with van der Waals surface area (Å²) < 4.78 is 0. The second-order valence-corrected chi connectivity index (χ2v) is 4.61. The molecule has 1 atom stereocenters. The number of carbonyl (C=O) groups is 1. The molecule has 1 fully saturated rings.